The molecule has 0 radical (unpaired) electrons. The smallest absolute Gasteiger partial charge is 0.220 e. The predicted molar refractivity (Wildman–Crippen MR) is 137 cm³/mol. The predicted octanol–water partition coefficient (Wildman–Crippen LogP) is 4.45. The molecule has 2 aliphatic heterocycles. The summed E-state index contributed by atoms with van der Waals surface area (Å²) in [4.78, 5) is 0. The molecule has 0 amide bonds. The van der Waals surface area contributed by atoms with Crippen molar-refractivity contribution in [3.05, 3.63) is 71.8 Å². The molecule has 2 fully saturated rings. The van der Waals surface area contributed by atoms with E-state index in [0.717, 1.165) is 11.1 Å². The van der Waals surface area contributed by atoms with Gasteiger partial charge in [0, 0.05) is 14.2 Å². The zero-order valence-corrected chi connectivity index (χ0v) is 22.6. The van der Waals surface area contributed by atoms with Crippen molar-refractivity contribution in [2.75, 3.05) is 20.8 Å². The molecule has 4 rings (SSSR count). The number of hydrogen-bond acceptors (Lipinski definition) is 8. The van der Waals surface area contributed by atoms with Crippen LogP contribution in [0.2, 0.25) is 0 Å². The minimum atomic E-state index is -1.20. The summed E-state index contributed by atoms with van der Waals surface area (Å²) in [5.74, 6) is -2.40. The normalized spacial score (nSPS) is 33.9. The van der Waals surface area contributed by atoms with Gasteiger partial charge in [-0.3, -0.25) is 0 Å². The molecule has 0 saturated carbocycles. The highest BCUT2D eigenvalue weighted by molar-refractivity contribution is 5.14. The third-order valence-corrected chi connectivity index (χ3v) is 7.00. The molecule has 8 nitrogen and oxygen atoms in total. The summed E-state index contributed by atoms with van der Waals surface area (Å²) in [5.41, 5.74) is 2.10. The van der Waals surface area contributed by atoms with Crippen molar-refractivity contribution in [2.24, 2.45) is 0 Å². The zero-order valence-electron chi connectivity index (χ0n) is 22.6. The molecule has 0 aliphatic carbocycles. The van der Waals surface area contributed by atoms with Crippen LogP contribution >= 0.6 is 0 Å². The molecule has 0 bridgehead atoms. The lowest BCUT2D eigenvalue weighted by Gasteiger charge is -2.57. The van der Waals surface area contributed by atoms with Gasteiger partial charge in [-0.15, -0.1) is 0 Å². The number of methoxy groups -OCH3 is 2. The maximum absolute atomic E-state index is 6.63. The van der Waals surface area contributed by atoms with E-state index in [2.05, 4.69) is 0 Å². The van der Waals surface area contributed by atoms with Gasteiger partial charge in [-0.2, -0.15) is 0 Å². The molecule has 0 N–H and O–H groups in total. The Balaban J connectivity index is 1.59. The summed E-state index contributed by atoms with van der Waals surface area (Å²) in [5, 5.41) is 0. The topological polar surface area (TPSA) is 73.8 Å². The summed E-state index contributed by atoms with van der Waals surface area (Å²) in [6, 6.07) is 20.0. The van der Waals surface area contributed by atoms with Crippen molar-refractivity contribution in [3.63, 3.8) is 0 Å². The lowest BCUT2D eigenvalue weighted by Crippen LogP contribution is -2.73. The molecule has 7 atom stereocenters. The fourth-order valence-corrected chi connectivity index (χ4v) is 4.68. The lowest BCUT2D eigenvalue weighted by molar-refractivity contribution is -0.482. The van der Waals surface area contributed by atoms with E-state index in [0.29, 0.717) is 13.2 Å². The van der Waals surface area contributed by atoms with Crippen LogP contribution in [0, 0.1) is 0 Å². The van der Waals surface area contributed by atoms with Crippen LogP contribution in [0.15, 0.2) is 60.7 Å². The summed E-state index contributed by atoms with van der Waals surface area (Å²) < 4.78 is 49.9. The zero-order chi connectivity index (χ0) is 26.5. The van der Waals surface area contributed by atoms with Crippen LogP contribution in [0.1, 0.15) is 38.8 Å². The van der Waals surface area contributed by atoms with Crippen molar-refractivity contribution < 1.29 is 37.9 Å². The summed E-state index contributed by atoms with van der Waals surface area (Å²) in [6.45, 7) is 8.60. The van der Waals surface area contributed by atoms with Crippen LogP contribution in [0.4, 0.5) is 0 Å². The van der Waals surface area contributed by atoms with E-state index in [1.54, 1.807) is 28.1 Å². The van der Waals surface area contributed by atoms with Gasteiger partial charge in [0.2, 0.25) is 11.6 Å². The Hall–Kier alpha value is -1.88. The molecule has 2 saturated heterocycles. The standard InChI is InChI=1S/C29H40O8/c1-20(2)34-27-26(33-18-22-15-11-8-12-16-22)25-24(36-28(3,30-5)29(4,31-6)37-25)23(35-27)19-32-17-21-13-9-7-10-14-21/h7-16,20,23-27H,17-19H2,1-6H3/t23-,24-,25+,26-,27-,28+,29+/m1/s1. The second kappa shape index (κ2) is 12.3. The highest BCUT2D eigenvalue weighted by Gasteiger charge is 2.63. The monoisotopic (exact) mass is 516 g/mol. The van der Waals surface area contributed by atoms with Crippen LogP contribution in [0.5, 0.6) is 0 Å². The molecule has 0 aromatic heterocycles. The molecule has 2 aliphatic rings. The highest BCUT2D eigenvalue weighted by Crippen LogP contribution is 2.44. The van der Waals surface area contributed by atoms with E-state index in [1.165, 1.54) is 0 Å². The molecular formula is C29H40O8. The molecule has 0 unspecified atom stereocenters. The first-order valence-corrected chi connectivity index (χ1v) is 12.8. The van der Waals surface area contributed by atoms with Crippen LogP contribution in [-0.4, -0.2) is 69.2 Å². The molecular weight excluding hydrogens is 476 g/mol. The summed E-state index contributed by atoms with van der Waals surface area (Å²) in [7, 11) is 3.14. The number of fused-ring (bicyclic) bond motifs is 1. The minimum Gasteiger partial charge on any atom is -0.374 e. The van der Waals surface area contributed by atoms with E-state index < -0.39 is 42.3 Å². The van der Waals surface area contributed by atoms with Gasteiger partial charge in [0.05, 0.1) is 25.9 Å². The maximum atomic E-state index is 6.63. The largest absolute Gasteiger partial charge is 0.374 e. The Labute approximate surface area is 220 Å². The molecule has 37 heavy (non-hydrogen) atoms. The van der Waals surface area contributed by atoms with Gasteiger partial charge in [0.1, 0.15) is 24.4 Å². The van der Waals surface area contributed by atoms with E-state index in [4.69, 9.17) is 37.9 Å². The molecule has 2 aromatic carbocycles. The Morgan fingerprint density at radius 3 is 1.86 bits per heavy atom. The fourth-order valence-electron chi connectivity index (χ4n) is 4.68. The van der Waals surface area contributed by atoms with Gasteiger partial charge < -0.3 is 37.9 Å². The first-order chi connectivity index (χ1) is 17.8. The lowest BCUT2D eigenvalue weighted by atomic mass is 9.93. The van der Waals surface area contributed by atoms with Crippen LogP contribution < -0.4 is 0 Å². The molecule has 0 spiro atoms. The van der Waals surface area contributed by atoms with Crippen molar-refractivity contribution in [1.29, 1.82) is 0 Å². The average molecular weight is 517 g/mol. The van der Waals surface area contributed by atoms with E-state index in [-0.39, 0.29) is 12.7 Å². The third kappa shape index (κ3) is 6.41. The molecule has 8 heteroatoms. The Morgan fingerprint density at radius 2 is 1.32 bits per heavy atom. The first-order valence-electron chi connectivity index (χ1n) is 12.8. The Kier molecular flexibility index (Phi) is 9.37. The minimum absolute atomic E-state index is 0.0992. The first kappa shape index (κ1) is 28.1. The van der Waals surface area contributed by atoms with Crippen LogP contribution in [-0.2, 0) is 51.1 Å². The highest BCUT2D eigenvalue weighted by atomic mass is 16.8. The van der Waals surface area contributed by atoms with E-state index >= 15 is 0 Å². The van der Waals surface area contributed by atoms with Gasteiger partial charge in [-0.1, -0.05) is 60.7 Å². The number of benzene rings is 2. The van der Waals surface area contributed by atoms with E-state index in [1.807, 2.05) is 74.5 Å². The fraction of sp³-hybridized carbons (Fsp3) is 0.586. The van der Waals surface area contributed by atoms with Crippen molar-refractivity contribution >= 4 is 0 Å². The van der Waals surface area contributed by atoms with Gasteiger partial charge in [-0.25, -0.2) is 0 Å². The number of hydrogen-bond donors (Lipinski definition) is 0. The third-order valence-electron chi connectivity index (χ3n) is 7.00. The van der Waals surface area contributed by atoms with Crippen LogP contribution in [0.25, 0.3) is 0 Å². The van der Waals surface area contributed by atoms with Gasteiger partial charge >= 0.3 is 0 Å². The van der Waals surface area contributed by atoms with Gasteiger partial charge in [0.25, 0.3) is 0 Å². The number of rotatable bonds is 11. The van der Waals surface area contributed by atoms with Gasteiger partial charge in [0.15, 0.2) is 6.29 Å². The second-order valence-corrected chi connectivity index (χ2v) is 9.95. The van der Waals surface area contributed by atoms with Crippen LogP contribution in [0.3, 0.4) is 0 Å². The van der Waals surface area contributed by atoms with Crippen molar-refractivity contribution in [1.82, 2.24) is 0 Å². The van der Waals surface area contributed by atoms with E-state index in [9.17, 15) is 0 Å². The molecule has 2 aromatic rings. The van der Waals surface area contributed by atoms with Crippen molar-refractivity contribution in [3.8, 4) is 0 Å². The second-order valence-electron chi connectivity index (χ2n) is 9.95. The maximum Gasteiger partial charge on any atom is 0.220 e. The summed E-state index contributed by atoms with van der Waals surface area (Å²) in [6.07, 6.45) is -3.01. The molecule has 2 heterocycles. The average Bonchev–Trinajstić information content (AvgIpc) is 2.90. The number of ether oxygens (including phenoxy) is 8. The molecule has 204 valence electrons. The SMILES string of the molecule is CO[C@@]1(C)O[C@@H]2[C@@H](OCc3ccccc3)[C@H](OC(C)C)O[C@H](COCc3ccccc3)[C@H]2O[C@]1(C)OC. The quantitative estimate of drug-likeness (QED) is 0.434. The summed E-state index contributed by atoms with van der Waals surface area (Å²) >= 11 is 0. The van der Waals surface area contributed by atoms with Crippen molar-refractivity contribution in [2.45, 2.75) is 89.3 Å². The Morgan fingerprint density at radius 1 is 0.784 bits per heavy atom. The Bertz CT molecular complexity index is 957. The van der Waals surface area contributed by atoms with Gasteiger partial charge in [-0.05, 0) is 38.8 Å².